The van der Waals surface area contributed by atoms with E-state index in [-0.39, 0.29) is 33.7 Å². The molecule has 0 saturated carbocycles. The van der Waals surface area contributed by atoms with E-state index in [0.29, 0.717) is 5.82 Å². The van der Waals surface area contributed by atoms with Crippen molar-refractivity contribution in [3.8, 4) is 0 Å². The van der Waals surface area contributed by atoms with Crippen LogP contribution in [0.5, 0.6) is 0 Å². The van der Waals surface area contributed by atoms with Crippen LogP contribution in [0.3, 0.4) is 0 Å². The SMILES string of the molecule is O=S(=O)(NCc1ncn[nH]1)c1cc(CO)c(Cl)cc1Cl. The maximum Gasteiger partial charge on any atom is 0.242 e. The standard InChI is InChI=1S/C10H10Cl2N4O3S/c11-7-2-8(12)9(1-6(7)4-17)20(18,19)15-3-10-13-5-14-16-10/h1-2,5,15,17H,3-4H2,(H,13,14,16). The van der Waals surface area contributed by atoms with Crippen molar-refractivity contribution in [1.82, 2.24) is 19.9 Å². The number of hydrogen-bond donors (Lipinski definition) is 3. The molecule has 3 N–H and O–H groups in total. The summed E-state index contributed by atoms with van der Waals surface area (Å²) in [7, 11) is -3.86. The Balaban J connectivity index is 2.29. The lowest BCUT2D eigenvalue weighted by atomic mass is 10.2. The summed E-state index contributed by atoms with van der Waals surface area (Å²) >= 11 is 11.7. The molecule has 0 saturated heterocycles. The summed E-state index contributed by atoms with van der Waals surface area (Å²) in [4.78, 5) is 3.64. The van der Waals surface area contributed by atoms with Gasteiger partial charge in [0.2, 0.25) is 10.0 Å². The molecule has 0 spiro atoms. The van der Waals surface area contributed by atoms with Gasteiger partial charge in [-0.15, -0.1) is 0 Å². The first kappa shape index (κ1) is 15.2. The molecule has 10 heteroatoms. The molecule has 1 aromatic carbocycles. The number of hydrogen-bond acceptors (Lipinski definition) is 5. The van der Waals surface area contributed by atoms with Crippen LogP contribution in [-0.2, 0) is 23.2 Å². The summed E-state index contributed by atoms with van der Waals surface area (Å²) < 4.78 is 26.6. The second-order valence-electron chi connectivity index (χ2n) is 3.79. The molecule has 0 fully saturated rings. The van der Waals surface area contributed by atoms with E-state index in [1.807, 2.05) is 0 Å². The first-order chi connectivity index (χ1) is 9.44. The number of halogens is 2. The van der Waals surface area contributed by atoms with Crippen molar-refractivity contribution < 1.29 is 13.5 Å². The first-order valence-corrected chi connectivity index (χ1v) is 7.60. The number of aromatic nitrogens is 3. The predicted molar refractivity (Wildman–Crippen MR) is 72.8 cm³/mol. The van der Waals surface area contributed by atoms with E-state index in [9.17, 15) is 8.42 Å². The molecule has 2 aromatic rings. The van der Waals surface area contributed by atoms with E-state index in [2.05, 4.69) is 19.9 Å². The maximum absolute atomic E-state index is 12.1. The van der Waals surface area contributed by atoms with E-state index in [1.165, 1.54) is 18.5 Å². The number of aliphatic hydroxyl groups excluding tert-OH is 1. The third-order valence-corrected chi connectivity index (χ3v) is 4.67. The van der Waals surface area contributed by atoms with E-state index < -0.39 is 10.0 Å². The van der Waals surface area contributed by atoms with Crippen molar-refractivity contribution in [1.29, 1.82) is 0 Å². The zero-order valence-corrected chi connectivity index (χ0v) is 12.3. The number of aliphatic hydroxyl groups is 1. The Morgan fingerprint density at radius 1 is 1.30 bits per heavy atom. The Kier molecular flexibility index (Phi) is 4.61. The van der Waals surface area contributed by atoms with Gasteiger partial charge in [0.05, 0.1) is 18.2 Å². The van der Waals surface area contributed by atoms with Crippen molar-refractivity contribution >= 4 is 33.2 Å². The summed E-state index contributed by atoms with van der Waals surface area (Å²) in [6.45, 7) is -0.448. The lowest BCUT2D eigenvalue weighted by Gasteiger charge is -2.10. The summed E-state index contributed by atoms with van der Waals surface area (Å²) in [6, 6.07) is 2.51. The molecule has 0 aliphatic carbocycles. The third-order valence-electron chi connectivity index (χ3n) is 2.46. The van der Waals surface area contributed by atoms with Crippen molar-refractivity contribution in [2.24, 2.45) is 0 Å². The van der Waals surface area contributed by atoms with Gasteiger partial charge in [-0.2, -0.15) is 5.10 Å². The third kappa shape index (κ3) is 3.28. The van der Waals surface area contributed by atoms with Gasteiger partial charge in [0.15, 0.2) is 0 Å². The molecular formula is C10H10Cl2N4O3S. The summed E-state index contributed by atoms with van der Waals surface area (Å²) in [5.74, 6) is 0.362. The number of sulfonamides is 1. The summed E-state index contributed by atoms with van der Waals surface area (Å²) in [5, 5.41) is 15.4. The highest BCUT2D eigenvalue weighted by Crippen LogP contribution is 2.28. The zero-order valence-electron chi connectivity index (χ0n) is 9.97. The molecule has 0 aliphatic heterocycles. The molecule has 20 heavy (non-hydrogen) atoms. The second-order valence-corrected chi connectivity index (χ2v) is 6.34. The number of nitrogens with one attached hydrogen (secondary N) is 2. The Morgan fingerprint density at radius 3 is 2.65 bits per heavy atom. The van der Waals surface area contributed by atoms with Crippen LogP contribution < -0.4 is 4.72 Å². The molecule has 1 aromatic heterocycles. The van der Waals surface area contributed by atoms with Crippen LogP contribution >= 0.6 is 23.2 Å². The average Bonchev–Trinajstić information content (AvgIpc) is 2.89. The van der Waals surface area contributed by atoms with E-state index in [1.54, 1.807) is 0 Å². The Bertz CT molecular complexity index is 704. The van der Waals surface area contributed by atoms with Gasteiger partial charge in [-0.05, 0) is 17.7 Å². The fourth-order valence-electron chi connectivity index (χ4n) is 1.46. The molecule has 0 aliphatic rings. The molecule has 0 unspecified atom stereocenters. The molecule has 2 rings (SSSR count). The van der Waals surface area contributed by atoms with E-state index >= 15 is 0 Å². The number of benzene rings is 1. The van der Waals surface area contributed by atoms with Crippen molar-refractivity contribution in [3.05, 3.63) is 39.9 Å². The first-order valence-electron chi connectivity index (χ1n) is 5.36. The Morgan fingerprint density at radius 2 is 2.05 bits per heavy atom. The lowest BCUT2D eigenvalue weighted by molar-refractivity contribution is 0.281. The maximum atomic E-state index is 12.1. The molecular weight excluding hydrogens is 327 g/mol. The van der Waals surface area contributed by atoms with Crippen LogP contribution in [0.2, 0.25) is 10.0 Å². The minimum Gasteiger partial charge on any atom is -0.392 e. The van der Waals surface area contributed by atoms with Crippen LogP contribution in [0.1, 0.15) is 11.4 Å². The van der Waals surface area contributed by atoms with Crippen LogP contribution in [0.25, 0.3) is 0 Å². The molecule has 0 atom stereocenters. The lowest BCUT2D eigenvalue weighted by Crippen LogP contribution is -2.24. The molecule has 1 heterocycles. The quantitative estimate of drug-likeness (QED) is 0.757. The predicted octanol–water partition coefficient (Wildman–Crippen LogP) is 1.08. The number of nitrogens with zero attached hydrogens (tertiary/aromatic N) is 2. The van der Waals surface area contributed by atoms with Crippen LogP contribution in [0.15, 0.2) is 23.4 Å². The van der Waals surface area contributed by atoms with E-state index in [0.717, 1.165) is 0 Å². The second kappa shape index (κ2) is 6.06. The average molecular weight is 337 g/mol. The van der Waals surface area contributed by atoms with Gasteiger partial charge in [-0.25, -0.2) is 18.1 Å². The zero-order chi connectivity index (χ0) is 14.8. The van der Waals surface area contributed by atoms with Gasteiger partial charge >= 0.3 is 0 Å². The van der Waals surface area contributed by atoms with Gasteiger partial charge < -0.3 is 5.11 Å². The molecule has 108 valence electrons. The van der Waals surface area contributed by atoms with E-state index in [4.69, 9.17) is 28.3 Å². The monoisotopic (exact) mass is 336 g/mol. The van der Waals surface area contributed by atoms with Gasteiger partial charge in [0.25, 0.3) is 0 Å². The van der Waals surface area contributed by atoms with Crippen LogP contribution in [0.4, 0.5) is 0 Å². The number of rotatable bonds is 5. The minimum absolute atomic E-state index is 0.0303. The van der Waals surface area contributed by atoms with Gasteiger partial charge in [0.1, 0.15) is 17.0 Å². The fraction of sp³-hybridized carbons (Fsp3) is 0.200. The van der Waals surface area contributed by atoms with Crippen molar-refractivity contribution in [2.45, 2.75) is 18.0 Å². The summed E-state index contributed by atoms with van der Waals surface area (Å²) in [5.41, 5.74) is 0.274. The molecule has 0 bridgehead atoms. The van der Waals surface area contributed by atoms with Crippen molar-refractivity contribution in [2.75, 3.05) is 0 Å². The minimum atomic E-state index is -3.86. The highest BCUT2D eigenvalue weighted by atomic mass is 35.5. The van der Waals surface area contributed by atoms with Gasteiger partial charge in [0, 0.05) is 5.02 Å². The van der Waals surface area contributed by atoms with Gasteiger partial charge in [-0.3, -0.25) is 5.10 Å². The number of aromatic amines is 1. The smallest absolute Gasteiger partial charge is 0.242 e. The topological polar surface area (TPSA) is 108 Å². The highest BCUT2D eigenvalue weighted by molar-refractivity contribution is 7.89. The fourth-order valence-corrected chi connectivity index (χ4v) is 3.30. The normalized spacial score (nSPS) is 11.8. The van der Waals surface area contributed by atoms with Crippen molar-refractivity contribution in [3.63, 3.8) is 0 Å². The van der Waals surface area contributed by atoms with Crippen LogP contribution in [0, 0.1) is 0 Å². The molecule has 7 nitrogen and oxygen atoms in total. The highest BCUT2D eigenvalue weighted by Gasteiger charge is 2.20. The summed E-state index contributed by atoms with van der Waals surface area (Å²) in [6.07, 6.45) is 1.27. The largest absolute Gasteiger partial charge is 0.392 e. The molecule has 0 radical (unpaired) electrons. The Labute approximate surface area is 125 Å². The molecule has 0 amide bonds. The van der Waals surface area contributed by atoms with Crippen LogP contribution in [-0.4, -0.2) is 28.7 Å². The van der Waals surface area contributed by atoms with Gasteiger partial charge in [-0.1, -0.05) is 23.2 Å². The number of H-pyrrole nitrogens is 1. The Hall–Kier alpha value is -1.19.